The molecule has 0 aromatic heterocycles. The second-order valence-corrected chi connectivity index (χ2v) is 3.78. The van der Waals surface area contributed by atoms with Gasteiger partial charge in [0.25, 0.3) is 0 Å². The van der Waals surface area contributed by atoms with Crippen molar-refractivity contribution in [3.05, 3.63) is 0 Å². The Morgan fingerprint density at radius 3 is 2.38 bits per heavy atom. The fraction of sp³-hybridized carbons (Fsp3) is 0.800. The molecule has 3 N–H and O–H groups in total. The summed E-state index contributed by atoms with van der Waals surface area (Å²) >= 11 is 0. The zero-order valence-corrected chi connectivity index (χ0v) is 10.1. The van der Waals surface area contributed by atoms with Crippen LogP contribution in [-0.4, -0.2) is 61.2 Å². The number of rotatable bonds is 7. The molecule has 0 saturated carbocycles. The highest BCUT2D eigenvalue weighted by Gasteiger charge is 2.11. The lowest BCUT2D eigenvalue weighted by Gasteiger charge is -2.21. The molecular weight excluding hydrogens is 210 g/mol. The number of aliphatic hydroxyl groups excluding tert-OH is 1. The minimum atomic E-state index is -0.117. The normalized spacial score (nSPS) is 12.3. The SMILES string of the molecule is CC(=O)NCCNC(=O)CN(C)C(C)CO. The molecule has 0 aliphatic rings. The molecule has 2 amide bonds. The van der Waals surface area contributed by atoms with Crippen molar-refractivity contribution in [3.63, 3.8) is 0 Å². The van der Waals surface area contributed by atoms with Crippen LogP contribution in [0.4, 0.5) is 0 Å². The number of hydrogen-bond acceptors (Lipinski definition) is 4. The maximum absolute atomic E-state index is 11.4. The average molecular weight is 231 g/mol. The molecule has 0 radical (unpaired) electrons. The van der Waals surface area contributed by atoms with Gasteiger partial charge in [0.1, 0.15) is 0 Å². The van der Waals surface area contributed by atoms with Crippen LogP contribution in [0.3, 0.4) is 0 Å². The van der Waals surface area contributed by atoms with Crippen LogP contribution < -0.4 is 10.6 Å². The zero-order chi connectivity index (χ0) is 12.6. The summed E-state index contributed by atoms with van der Waals surface area (Å²) < 4.78 is 0. The fourth-order valence-electron chi connectivity index (χ4n) is 1.02. The second-order valence-electron chi connectivity index (χ2n) is 3.78. The lowest BCUT2D eigenvalue weighted by Crippen LogP contribution is -2.42. The minimum absolute atomic E-state index is 0.0235. The predicted octanol–water partition coefficient (Wildman–Crippen LogP) is -1.45. The third kappa shape index (κ3) is 7.19. The molecule has 0 fully saturated rings. The van der Waals surface area contributed by atoms with Crippen LogP contribution in [0.25, 0.3) is 0 Å². The van der Waals surface area contributed by atoms with Crippen LogP contribution in [0.1, 0.15) is 13.8 Å². The van der Waals surface area contributed by atoms with Gasteiger partial charge in [0.2, 0.25) is 11.8 Å². The summed E-state index contributed by atoms with van der Waals surface area (Å²) in [6, 6.07) is -0.0407. The Labute approximate surface area is 96.0 Å². The summed E-state index contributed by atoms with van der Waals surface area (Å²) in [5, 5.41) is 14.1. The fourth-order valence-corrected chi connectivity index (χ4v) is 1.02. The minimum Gasteiger partial charge on any atom is -0.395 e. The molecule has 6 nitrogen and oxygen atoms in total. The Morgan fingerprint density at radius 1 is 1.31 bits per heavy atom. The summed E-state index contributed by atoms with van der Waals surface area (Å²) in [7, 11) is 1.77. The van der Waals surface area contributed by atoms with Gasteiger partial charge in [-0.15, -0.1) is 0 Å². The van der Waals surface area contributed by atoms with Crippen molar-refractivity contribution < 1.29 is 14.7 Å². The lowest BCUT2D eigenvalue weighted by atomic mass is 10.3. The molecule has 0 aliphatic heterocycles. The average Bonchev–Trinajstić information content (AvgIpc) is 2.22. The first-order chi connectivity index (χ1) is 7.47. The number of nitrogens with zero attached hydrogens (tertiary/aromatic N) is 1. The van der Waals surface area contributed by atoms with E-state index >= 15 is 0 Å². The van der Waals surface area contributed by atoms with Gasteiger partial charge < -0.3 is 15.7 Å². The molecule has 94 valence electrons. The van der Waals surface area contributed by atoms with Crippen molar-refractivity contribution in [2.45, 2.75) is 19.9 Å². The molecule has 0 bridgehead atoms. The number of nitrogens with one attached hydrogen (secondary N) is 2. The molecule has 1 unspecified atom stereocenters. The van der Waals surface area contributed by atoms with Crippen molar-refractivity contribution >= 4 is 11.8 Å². The third-order valence-electron chi connectivity index (χ3n) is 2.23. The van der Waals surface area contributed by atoms with Gasteiger partial charge in [-0.1, -0.05) is 0 Å². The van der Waals surface area contributed by atoms with E-state index in [0.717, 1.165) is 0 Å². The topological polar surface area (TPSA) is 81.7 Å². The quantitative estimate of drug-likeness (QED) is 0.468. The van der Waals surface area contributed by atoms with E-state index in [-0.39, 0.29) is 31.0 Å². The molecule has 0 rings (SSSR count). The van der Waals surface area contributed by atoms with Gasteiger partial charge in [-0.05, 0) is 14.0 Å². The van der Waals surface area contributed by atoms with Crippen LogP contribution in [0.2, 0.25) is 0 Å². The number of carbonyl (C=O) groups is 2. The molecule has 0 aromatic rings. The first-order valence-corrected chi connectivity index (χ1v) is 5.29. The summed E-state index contributed by atoms with van der Waals surface area (Å²) in [6.07, 6.45) is 0. The first-order valence-electron chi connectivity index (χ1n) is 5.29. The van der Waals surface area contributed by atoms with E-state index in [1.807, 2.05) is 6.92 Å². The van der Waals surface area contributed by atoms with Crippen molar-refractivity contribution in [1.29, 1.82) is 0 Å². The Kier molecular flexibility index (Phi) is 7.49. The smallest absolute Gasteiger partial charge is 0.234 e. The molecule has 6 heteroatoms. The van der Waals surface area contributed by atoms with Crippen LogP contribution in [0, 0.1) is 0 Å². The summed E-state index contributed by atoms with van der Waals surface area (Å²) in [6.45, 7) is 4.38. The maximum Gasteiger partial charge on any atom is 0.234 e. The van der Waals surface area contributed by atoms with Gasteiger partial charge in [0.15, 0.2) is 0 Å². The van der Waals surface area contributed by atoms with Crippen LogP contribution in [0.5, 0.6) is 0 Å². The molecule has 0 spiro atoms. The molecule has 0 aliphatic carbocycles. The number of amides is 2. The van der Waals surface area contributed by atoms with Gasteiger partial charge in [-0.25, -0.2) is 0 Å². The highest BCUT2D eigenvalue weighted by molar-refractivity contribution is 5.78. The Hall–Kier alpha value is -1.14. The molecule has 0 heterocycles. The third-order valence-corrected chi connectivity index (χ3v) is 2.23. The standard InChI is InChI=1S/C10H21N3O3/c1-8(7-14)13(3)6-10(16)12-5-4-11-9(2)15/h8,14H,4-7H2,1-3H3,(H,11,15)(H,12,16). The largest absolute Gasteiger partial charge is 0.395 e. The number of hydrogen-bond donors (Lipinski definition) is 3. The van der Waals surface area contributed by atoms with Gasteiger partial charge in [-0.2, -0.15) is 0 Å². The van der Waals surface area contributed by atoms with E-state index in [2.05, 4.69) is 10.6 Å². The predicted molar refractivity (Wildman–Crippen MR) is 60.9 cm³/mol. The van der Waals surface area contributed by atoms with Crippen molar-refractivity contribution in [2.24, 2.45) is 0 Å². The van der Waals surface area contributed by atoms with Crippen LogP contribution in [-0.2, 0) is 9.59 Å². The highest BCUT2D eigenvalue weighted by Crippen LogP contribution is 1.92. The van der Waals surface area contributed by atoms with Gasteiger partial charge in [0, 0.05) is 26.1 Å². The number of aliphatic hydroxyl groups is 1. The monoisotopic (exact) mass is 231 g/mol. The number of likely N-dealkylation sites (N-methyl/N-ethyl adjacent to an activating group) is 1. The summed E-state index contributed by atoms with van der Waals surface area (Å²) in [5.41, 5.74) is 0. The van der Waals surface area contributed by atoms with Crippen LogP contribution >= 0.6 is 0 Å². The molecular formula is C10H21N3O3. The Bertz CT molecular complexity index is 233. The van der Waals surface area contributed by atoms with E-state index in [9.17, 15) is 9.59 Å². The molecule has 0 aromatic carbocycles. The van der Waals surface area contributed by atoms with E-state index in [4.69, 9.17) is 5.11 Å². The Balaban J connectivity index is 3.62. The van der Waals surface area contributed by atoms with E-state index in [1.165, 1.54) is 6.92 Å². The van der Waals surface area contributed by atoms with Crippen molar-refractivity contribution in [3.8, 4) is 0 Å². The van der Waals surface area contributed by atoms with Crippen LogP contribution in [0.15, 0.2) is 0 Å². The molecule has 1 atom stereocenters. The number of carbonyl (C=O) groups excluding carboxylic acids is 2. The molecule has 16 heavy (non-hydrogen) atoms. The van der Waals surface area contributed by atoms with E-state index < -0.39 is 0 Å². The van der Waals surface area contributed by atoms with Gasteiger partial charge in [-0.3, -0.25) is 14.5 Å². The van der Waals surface area contributed by atoms with Gasteiger partial charge >= 0.3 is 0 Å². The Morgan fingerprint density at radius 2 is 1.88 bits per heavy atom. The maximum atomic E-state index is 11.4. The van der Waals surface area contributed by atoms with E-state index in [0.29, 0.717) is 13.1 Å². The van der Waals surface area contributed by atoms with E-state index in [1.54, 1.807) is 11.9 Å². The zero-order valence-electron chi connectivity index (χ0n) is 10.1. The summed E-state index contributed by atoms with van der Waals surface area (Å²) in [4.78, 5) is 23.7. The highest BCUT2D eigenvalue weighted by atomic mass is 16.3. The van der Waals surface area contributed by atoms with Gasteiger partial charge in [0.05, 0.1) is 13.2 Å². The second kappa shape index (κ2) is 8.06. The van der Waals surface area contributed by atoms with Crippen molar-refractivity contribution in [2.75, 3.05) is 33.3 Å². The first kappa shape index (κ1) is 14.9. The van der Waals surface area contributed by atoms with Crippen molar-refractivity contribution in [1.82, 2.24) is 15.5 Å². The lowest BCUT2D eigenvalue weighted by molar-refractivity contribution is -0.123. The summed E-state index contributed by atoms with van der Waals surface area (Å²) in [5.74, 6) is -0.228. The molecule has 0 saturated heterocycles.